The van der Waals surface area contributed by atoms with Gasteiger partial charge in [-0.3, -0.25) is 0 Å². The molecule has 2 aromatic rings. The molecule has 1 aliphatic heterocycles. The number of hydrogen-bond acceptors (Lipinski definition) is 3. The number of benzene rings is 1. The third-order valence-electron chi connectivity index (χ3n) is 4.47. The summed E-state index contributed by atoms with van der Waals surface area (Å²) in [7, 11) is 1.81. The molecule has 1 unspecified atom stereocenters. The molecule has 2 amide bonds. The molecule has 1 aromatic carbocycles. The normalized spacial score (nSPS) is 14.5. The van der Waals surface area contributed by atoms with Gasteiger partial charge in [-0.15, -0.1) is 10.2 Å². The molecule has 2 heterocycles. The molecule has 128 valence electrons. The molecule has 1 aliphatic rings. The number of carbonyl (C=O) groups excluding carboxylic acids is 1. The maximum atomic E-state index is 12.6. The highest BCUT2D eigenvalue weighted by atomic mass is 16.2. The van der Waals surface area contributed by atoms with Crippen LogP contribution in [0.1, 0.15) is 43.5 Å². The predicted octanol–water partition coefficient (Wildman–Crippen LogP) is 2.76. The number of amides is 2. The molecular formula is C18H25N5O. The number of fused-ring (bicyclic) bond motifs is 1. The third kappa shape index (κ3) is 3.42. The van der Waals surface area contributed by atoms with Crippen molar-refractivity contribution in [2.24, 2.45) is 5.92 Å². The van der Waals surface area contributed by atoms with E-state index in [9.17, 15) is 4.79 Å². The van der Waals surface area contributed by atoms with Gasteiger partial charge in [-0.2, -0.15) is 0 Å². The Kier molecular flexibility index (Phi) is 4.83. The zero-order chi connectivity index (χ0) is 17.1. The van der Waals surface area contributed by atoms with Gasteiger partial charge in [-0.1, -0.05) is 44.2 Å². The SMILES string of the molecule is CC(C)C(NC(=O)N(C)Cc1ccccc1)c1nnc2n1CCC2. The second kappa shape index (κ2) is 7.03. The van der Waals surface area contributed by atoms with Crippen LogP contribution in [0.4, 0.5) is 4.79 Å². The molecule has 1 atom stereocenters. The van der Waals surface area contributed by atoms with E-state index in [-0.39, 0.29) is 18.0 Å². The van der Waals surface area contributed by atoms with Gasteiger partial charge in [0.25, 0.3) is 0 Å². The van der Waals surface area contributed by atoms with E-state index in [0.717, 1.165) is 36.6 Å². The van der Waals surface area contributed by atoms with Crippen LogP contribution < -0.4 is 5.32 Å². The van der Waals surface area contributed by atoms with Crippen molar-refractivity contribution in [3.8, 4) is 0 Å². The van der Waals surface area contributed by atoms with E-state index in [4.69, 9.17) is 0 Å². The third-order valence-corrected chi connectivity index (χ3v) is 4.47. The van der Waals surface area contributed by atoms with Gasteiger partial charge in [0.15, 0.2) is 5.82 Å². The van der Waals surface area contributed by atoms with E-state index in [0.29, 0.717) is 6.54 Å². The second-order valence-electron chi connectivity index (χ2n) is 6.74. The Morgan fingerprint density at radius 1 is 1.29 bits per heavy atom. The molecule has 0 spiro atoms. The summed E-state index contributed by atoms with van der Waals surface area (Å²) < 4.78 is 2.15. The van der Waals surface area contributed by atoms with Crippen LogP contribution in [0.15, 0.2) is 30.3 Å². The zero-order valence-corrected chi connectivity index (χ0v) is 14.6. The maximum Gasteiger partial charge on any atom is 0.318 e. The Bertz CT molecular complexity index is 695. The Hall–Kier alpha value is -2.37. The number of urea groups is 1. The zero-order valence-electron chi connectivity index (χ0n) is 14.6. The van der Waals surface area contributed by atoms with Crippen molar-refractivity contribution in [1.29, 1.82) is 0 Å². The molecule has 24 heavy (non-hydrogen) atoms. The summed E-state index contributed by atoms with van der Waals surface area (Å²) in [6.07, 6.45) is 2.07. The van der Waals surface area contributed by atoms with Gasteiger partial charge in [0, 0.05) is 26.6 Å². The minimum absolute atomic E-state index is 0.0899. The summed E-state index contributed by atoms with van der Waals surface area (Å²) >= 11 is 0. The first kappa shape index (κ1) is 16.5. The first-order valence-electron chi connectivity index (χ1n) is 8.54. The summed E-state index contributed by atoms with van der Waals surface area (Å²) in [6, 6.07) is 9.77. The largest absolute Gasteiger partial charge is 0.328 e. The van der Waals surface area contributed by atoms with E-state index < -0.39 is 0 Å². The first-order chi connectivity index (χ1) is 11.6. The minimum atomic E-state index is -0.130. The number of nitrogens with one attached hydrogen (secondary N) is 1. The van der Waals surface area contributed by atoms with Gasteiger partial charge < -0.3 is 14.8 Å². The van der Waals surface area contributed by atoms with Crippen LogP contribution in [0.25, 0.3) is 0 Å². The van der Waals surface area contributed by atoms with E-state index in [2.05, 4.69) is 33.9 Å². The number of nitrogens with zero attached hydrogens (tertiary/aromatic N) is 4. The number of hydrogen-bond donors (Lipinski definition) is 1. The van der Waals surface area contributed by atoms with Crippen molar-refractivity contribution in [3.05, 3.63) is 47.5 Å². The Morgan fingerprint density at radius 2 is 2.04 bits per heavy atom. The van der Waals surface area contributed by atoms with Crippen LogP contribution in [0.3, 0.4) is 0 Å². The van der Waals surface area contributed by atoms with E-state index in [1.54, 1.807) is 4.90 Å². The van der Waals surface area contributed by atoms with E-state index in [1.165, 1.54) is 0 Å². The Labute approximate surface area is 142 Å². The van der Waals surface area contributed by atoms with Gasteiger partial charge in [0.1, 0.15) is 5.82 Å². The predicted molar refractivity (Wildman–Crippen MR) is 92.4 cm³/mol. The van der Waals surface area contributed by atoms with Crippen LogP contribution in [0.2, 0.25) is 0 Å². The van der Waals surface area contributed by atoms with Crippen molar-refractivity contribution < 1.29 is 4.79 Å². The quantitative estimate of drug-likeness (QED) is 0.918. The maximum absolute atomic E-state index is 12.6. The van der Waals surface area contributed by atoms with Crippen LogP contribution in [0.5, 0.6) is 0 Å². The average molecular weight is 327 g/mol. The number of rotatable bonds is 5. The van der Waals surface area contributed by atoms with Crippen molar-refractivity contribution in [2.75, 3.05) is 7.05 Å². The molecule has 0 saturated carbocycles. The Morgan fingerprint density at radius 3 is 2.75 bits per heavy atom. The molecular weight excluding hydrogens is 302 g/mol. The summed E-state index contributed by atoms with van der Waals surface area (Å²) in [5.41, 5.74) is 1.11. The van der Waals surface area contributed by atoms with Gasteiger partial charge in [0.2, 0.25) is 0 Å². The summed E-state index contributed by atoms with van der Waals surface area (Å²) in [5, 5.41) is 11.7. The van der Waals surface area contributed by atoms with Crippen molar-refractivity contribution in [1.82, 2.24) is 25.0 Å². The van der Waals surface area contributed by atoms with Gasteiger partial charge in [-0.05, 0) is 17.9 Å². The fourth-order valence-corrected chi connectivity index (χ4v) is 3.10. The topological polar surface area (TPSA) is 63.1 Å². The number of aryl methyl sites for hydroxylation is 1. The standard InChI is InChI=1S/C18H25N5O/c1-13(2)16(17-21-20-15-10-7-11-23(15)17)19-18(24)22(3)12-14-8-5-4-6-9-14/h4-6,8-9,13,16H,7,10-12H2,1-3H3,(H,19,24). The smallest absolute Gasteiger partial charge is 0.318 e. The lowest BCUT2D eigenvalue weighted by Crippen LogP contribution is -2.41. The fourth-order valence-electron chi connectivity index (χ4n) is 3.10. The van der Waals surface area contributed by atoms with Crippen molar-refractivity contribution >= 4 is 6.03 Å². The average Bonchev–Trinajstić information content (AvgIpc) is 3.16. The molecule has 6 heteroatoms. The molecule has 0 radical (unpaired) electrons. The number of aromatic nitrogens is 3. The molecule has 0 fully saturated rings. The lowest BCUT2D eigenvalue weighted by atomic mass is 10.0. The molecule has 1 N–H and O–H groups in total. The van der Waals surface area contributed by atoms with Crippen LogP contribution in [-0.4, -0.2) is 32.7 Å². The van der Waals surface area contributed by atoms with Crippen molar-refractivity contribution in [2.45, 2.75) is 45.8 Å². The molecule has 6 nitrogen and oxygen atoms in total. The van der Waals surface area contributed by atoms with E-state index >= 15 is 0 Å². The molecule has 0 aliphatic carbocycles. The number of carbonyl (C=O) groups is 1. The lowest BCUT2D eigenvalue weighted by molar-refractivity contribution is 0.197. The highest BCUT2D eigenvalue weighted by molar-refractivity contribution is 5.74. The van der Waals surface area contributed by atoms with Gasteiger partial charge in [0.05, 0.1) is 6.04 Å². The lowest BCUT2D eigenvalue weighted by Gasteiger charge is -2.25. The van der Waals surface area contributed by atoms with Crippen molar-refractivity contribution in [3.63, 3.8) is 0 Å². The summed E-state index contributed by atoms with van der Waals surface area (Å²) in [6.45, 7) is 5.71. The van der Waals surface area contributed by atoms with Crippen LogP contribution in [0, 0.1) is 5.92 Å². The second-order valence-corrected chi connectivity index (χ2v) is 6.74. The molecule has 0 saturated heterocycles. The minimum Gasteiger partial charge on any atom is -0.328 e. The van der Waals surface area contributed by atoms with Crippen LogP contribution in [-0.2, 0) is 19.5 Å². The monoisotopic (exact) mass is 327 g/mol. The van der Waals surface area contributed by atoms with E-state index in [1.807, 2.05) is 37.4 Å². The van der Waals surface area contributed by atoms with Crippen LogP contribution >= 0.6 is 0 Å². The molecule has 3 rings (SSSR count). The fraction of sp³-hybridized carbons (Fsp3) is 0.500. The highest BCUT2D eigenvalue weighted by Crippen LogP contribution is 2.24. The summed E-state index contributed by atoms with van der Waals surface area (Å²) in [5.74, 6) is 2.15. The molecule has 0 bridgehead atoms. The van der Waals surface area contributed by atoms with Gasteiger partial charge >= 0.3 is 6.03 Å². The Balaban J connectivity index is 1.70. The molecule has 1 aromatic heterocycles. The highest BCUT2D eigenvalue weighted by Gasteiger charge is 2.28. The van der Waals surface area contributed by atoms with Gasteiger partial charge in [-0.25, -0.2) is 4.79 Å². The first-order valence-corrected chi connectivity index (χ1v) is 8.54. The summed E-state index contributed by atoms with van der Waals surface area (Å²) in [4.78, 5) is 14.3.